The SMILES string of the molecule is CC(C)[C@H](NC(=O)c1ccc(Cl)cc1)C(=O)OCC(=O)N1CCN(c2ccccc2)CC1. The molecule has 1 aliphatic heterocycles. The summed E-state index contributed by atoms with van der Waals surface area (Å²) in [7, 11) is 0. The summed E-state index contributed by atoms with van der Waals surface area (Å²) in [6.07, 6.45) is 0. The molecule has 0 bridgehead atoms. The van der Waals surface area contributed by atoms with Gasteiger partial charge >= 0.3 is 5.97 Å². The normalized spacial score (nSPS) is 14.8. The smallest absolute Gasteiger partial charge is 0.329 e. The molecular weight excluding hydrogens is 430 g/mol. The molecule has 1 fully saturated rings. The highest BCUT2D eigenvalue weighted by Gasteiger charge is 2.28. The zero-order chi connectivity index (χ0) is 23.1. The molecule has 3 rings (SSSR count). The third kappa shape index (κ3) is 6.23. The standard InChI is InChI=1S/C24H28ClN3O4/c1-17(2)22(26-23(30)18-8-10-19(25)11-9-18)24(31)32-16-21(29)28-14-12-27(13-15-28)20-6-4-3-5-7-20/h3-11,17,22H,12-16H2,1-2H3,(H,26,30)/t22-/m0/s1. The van der Waals surface area contributed by atoms with Crippen LogP contribution in [0.4, 0.5) is 5.69 Å². The monoisotopic (exact) mass is 457 g/mol. The van der Waals surface area contributed by atoms with E-state index in [-0.39, 0.29) is 18.4 Å². The van der Waals surface area contributed by atoms with Crippen LogP contribution in [0.1, 0.15) is 24.2 Å². The van der Waals surface area contributed by atoms with Crippen molar-refractivity contribution in [3.8, 4) is 0 Å². The maximum Gasteiger partial charge on any atom is 0.329 e. The van der Waals surface area contributed by atoms with Gasteiger partial charge in [-0.25, -0.2) is 4.79 Å². The molecule has 8 heteroatoms. The second-order valence-corrected chi connectivity index (χ2v) is 8.45. The van der Waals surface area contributed by atoms with E-state index >= 15 is 0 Å². The van der Waals surface area contributed by atoms with Gasteiger partial charge in [-0.05, 0) is 42.3 Å². The molecule has 0 aromatic heterocycles. The Labute approximate surface area is 193 Å². The van der Waals surface area contributed by atoms with Crippen LogP contribution in [0, 0.1) is 5.92 Å². The Balaban J connectivity index is 1.49. The van der Waals surface area contributed by atoms with Gasteiger partial charge in [0, 0.05) is 42.5 Å². The van der Waals surface area contributed by atoms with E-state index in [4.69, 9.17) is 16.3 Å². The zero-order valence-corrected chi connectivity index (χ0v) is 19.0. The summed E-state index contributed by atoms with van der Waals surface area (Å²) in [5.74, 6) is -1.47. The minimum atomic E-state index is -0.860. The van der Waals surface area contributed by atoms with Crippen LogP contribution >= 0.6 is 11.6 Å². The largest absolute Gasteiger partial charge is 0.454 e. The molecule has 1 N–H and O–H groups in total. The molecule has 2 amide bonds. The Bertz CT molecular complexity index is 926. The van der Waals surface area contributed by atoms with Gasteiger partial charge in [0.15, 0.2) is 6.61 Å². The van der Waals surface area contributed by atoms with E-state index in [2.05, 4.69) is 10.2 Å². The molecule has 1 heterocycles. The molecule has 2 aromatic rings. The number of piperazine rings is 1. The first kappa shape index (κ1) is 23.6. The molecule has 0 unspecified atom stereocenters. The van der Waals surface area contributed by atoms with Gasteiger partial charge in [-0.1, -0.05) is 43.6 Å². The van der Waals surface area contributed by atoms with E-state index in [1.54, 1.807) is 43.0 Å². The van der Waals surface area contributed by atoms with Crippen LogP contribution in [0.2, 0.25) is 5.02 Å². The van der Waals surface area contributed by atoms with E-state index in [0.29, 0.717) is 23.7 Å². The lowest BCUT2D eigenvalue weighted by Crippen LogP contribution is -2.50. The first-order valence-electron chi connectivity index (χ1n) is 10.7. The average molecular weight is 458 g/mol. The highest BCUT2D eigenvalue weighted by molar-refractivity contribution is 6.30. The second kappa shape index (κ2) is 11.0. The van der Waals surface area contributed by atoms with Crippen molar-refractivity contribution in [2.24, 2.45) is 5.92 Å². The number of nitrogens with zero attached hydrogens (tertiary/aromatic N) is 2. The van der Waals surface area contributed by atoms with E-state index < -0.39 is 17.9 Å². The minimum absolute atomic E-state index is 0.205. The van der Waals surface area contributed by atoms with Gasteiger partial charge in [0.05, 0.1) is 0 Å². The van der Waals surface area contributed by atoms with Crippen molar-refractivity contribution >= 4 is 35.1 Å². The van der Waals surface area contributed by atoms with E-state index in [0.717, 1.165) is 18.8 Å². The number of hydrogen-bond acceptors (Lipinski definition) is 5. The maximum absolute atomic E-state index is 12.6. The van der Waals surface area contributed by atoms with Crippen LogP contribution in [0.5, 0.6) is 0 Å². The summed E-state index contributed by atoms with van der Waals surface area (Å²) in [5, 5.41) is 3.21. The van der Waals surface area contributed by atoms with Crippen molar-refractivity contribution in [3.05, 3.63) is 65.2 Å². The van der Waals surface area contributed by atoms with Crippen molar-refractivity contribution in [1.82, 2.24) is 10.2 Å². The van der Waals surface area contributed by atoms with Gasteiger partial charge in [0.25, 0.3) is 11.8 Å². The maximum atomic E-state index is 12.6. The third-order valence-electron chi connectivity index (χ3n) is 5.41. The molecule has 0 aliphatic carbocycles. The number of esters is 1. The summed E-state index contributed by atoms with van der Waals surface area (Å²) in [5.41, 5.74) is 1.52. The first-order chi connectivity index (χ1) is 15.3. The lowest BCUT2D eigenvalue weighted by atomic mass is 10.0. The van der Waals surface area contributed by atoms with Crippen LogP contribution in [-0.4, -0.2) is 61.5 Å². The predicted molar refractivity (Wildman–Crippen MR) is 124 cm³/mol. The molecule has 0 radical (unpaired) electrons. The van der Waals surface area contributed by atoms with Crippen molar-refractivity contribution in [2.45, 2.75) is 19.9 Å². The molecule has 32 heavy (non-hydrogen) atoms. The van der Waals surface area contributed by atoms with Crippen LogP contribution < -0.4 is 10.2 Å². The fourth-order valence-corrected chi connectivity index (χ4v) is 3.62. The van der Waals surface area contributed by atoms with Gasteiger partial charge in [-0.15, -0.1) is 0 Å². The van der Waals surface area contributed by atoms with Gasteiger partial charge in [-0.2, -0.15) is 0 Å². The number of benzene rings is 2. The van der Waals surface area contributed by atoms with Crippen molar-refractivity contribution in [3.63, 3.8) is 0 Å². The number of hydrogen-bond donors (Lipinski definition) is 1. The van der Waals surface area contributed by atoms with E-state index in [9.17, 15) is 14.4 Å². The molecule has 7 nitrogen and oxygen atoms in total. The molecular formula is C24H28ClN3O4. The highest BCUT2D eigenvalue weighted by Crippen LogP contribution is 2.16. The number of nitrogens with one attached hydrogen (secondary N) is 1. The molecule has 1 aliphatic rings. The zero-order valence-electron chi connectivity index (χ0n) is 18.3. The molecule has 170 valence electrons. The van der Waals surface area contributed by atoms with E-state index in [1.165, 1.54) is 0 Å². The number of ether oxygens (including phenoxy) is 1. The van der Waals surface area contributed by atoms with E-state index in [1.807, 2.05) is 30.3 Å². The van der Waals surface area contributed by atoms with Gasteiger partial charge < -0.3 is 19.9 Å². The lowest BCUT2D eigenvalue weighted by Gasteiger charge is -2.36. The van der Waals surface area contributed by atoms with Gasteiger partial charge in [-0.3, -0.25) is 9.59 Å². The second-order valence-electron chi connectivity index (χ2n) is 8.01. The number of carbonyl (C=O) groups excluding carboxylic acids is 3. The molecule has 0 saturated carbocycles. The fourth-order valence-electron chi connectivity index (χ4n) is 3.49. The summed E-state index contributed by atoms with van der Waals surface area (Å²) in [4.78, 5) is 41.5. The summed E-state index contributed by atoms with van der Waals surface area (Å²) in [6.45, 7) is 5.82. The average Bonchev–Trinajstić information content (AvgIpc) is 2.81. The molecule has 0 spiro atoms. The fraction of sp³-hybridized carbons (Fsp3) is 0.375. The lowest BCUT2D eigenvalue weighted by molar-refractivity contribution is -0.154. The quantitative estimate of drug-likeness (QED) is 0.646. The van der Waals surface area contributed by atoms with Crippen molar-refractivity contribution in [1.29, 1.82) is 0 Å². The Hall–Kier alpha value is -3.06. The van der Waals surface area contributed by atoms with Crippen molar-refractivity contribution in [2.75, 3.05) is 37.7 Å². The molecule has 1 atom stereocenters. The van der Waals surface area contributed by atoms with Gasteiger partial charge in [0.1, 0.15) is 6.04 Å². The number of carbonyl (C=O) groups is 3. The highest BCUT2D eigenvalue weighted by atomic mass is 35.5. The van der Waals surface area contributed by atoms with Crippen LogP contribution in [0.3, 0.4) is 0 Å². The van der Waals surface area contributed by atoms with Crippen LogP contribution in [0.25, 0.3) is 0 Å². The topological polar surface area (TPSA) is 78.9 Å². The van der Waals surface area contributed by atoms with Crippen LogP contribution in [-0.2, 0) is 14.3 Å². The summed E-state index contributed by atoms with van der Waals surface area (Å²) < 4.78 is 5.27. The summed E-state index contributed by atoms with van der Waals surface area (Å²) >= 11 is 5.85. The number of halogens is 1. The Morgan fingerprint density at radius 1 is 0.969 bits per heavy atom. The Morgan fingerprint density at radius 3 is 2.19 bits per heavy atom. The number of anilines is 1. The molecule has 2 aromatic carbocycles. The van der Waals surface area contributed by atoms with Gasteiger partial charge in [0.2, 0.25) is 0 Å². The predicted octanol–water partition coefficient (Wildman–Crippen LogP) is 2.99. The Morgan fingerprint density at radius 2 is 1.59 bits per heavy atom. The van der Waals surface area contributed by atoms with Crippen molar-refractivity contribution < 1.29 is 19.1 Å². The minimum Gasteiger partial charge on any atom is -0.454 e. The third-order valence-corrected chi connectivity index (χ3v) is 5.66. The molecule has 1 saturated heterocycles. The number of para-hydroxylation sites is 1. The number of rotatable bonds is 7. The Kier molecular flexibility index (Phi) is 8.11. The first-order valence-corrected chi connectivity index (χ1v) is 11.0. The summed E-state index contributed by atoms with van der Waals surface area (Å²) in [6, 6.07) is 15.6. The van der Waals surface area contributed by atoms with Crippen LogP contribution in [0.15, 0.2) is 54.6 Å². The number of amides is 2.